The molecule has 1 aliphatic carbocycles. The minimum absolute atomic E-state index is 0.0383. The van der Waals surface area contributed by atoms with E-state index in [1.54, 1.807) is 0 Å². The fourth-order valence-corrected chi connectivity index (χ4v) is 3.90. The highest BCUT2D eigenvalue weighted by atomic mass is 79.9. The van der Waals surface area contributed by atoms with E-state index < -0.39 is 0 Å². The predicted octanol–water partition coefficient (Wildman–Crippen LogP) is 3.96. The van der Waals surface area contributed by atoms with Crippen LogP contribution in [0.25, 0.3) is 0 Å². The number of hydrogen-bond donors (Lipinski definition) is 1. The van der Waals surface area contributed by atoms with E-state index in [-0.39, 0.29) is 11.4 Å². The molecule has 2 aliphatic rings. The third-order valence-corrected chi connectivity index (χ3v) is 5.43. The molecule has 5 heteroatoms. The second kappa shape index (κ2) is 6.71. The molecule has 4 nitrogen and oxygen atoms in total. The van der Waals surface area contributed by atoms with Crippen molar-refractivity contribution in [3.8, 4) is 11.5 Å². The average molecular weight is 402 g/mol. The van der Waals surface area contributed by atoms with Gasteiger partial charge in [-0.2, -0.15) is 0 Å². The van der Waals surface area contributed by atoms with Gasteiger partial charge in [0.1, 0.15) is 13.2 Å². The molecule has 1 N–H and O–H groups in total. The Hall–Kier alpha value is -2.01. The number of nitrogens with one attached hydrogen (secondary N) is 1. The first-order valence-corrected chi connectivity index (χ1v) is 9.40. The standard InChI is InChI=1S/C20H20BrNO3/c21-16-4-1-3-15(13-16)20(7-2-8-20)22-19(23)12-14-5-6-17-18(11-14)25-10-9-24-17/h1,3-6,11,13H,2,7-10,12H2,(H,22,23). The molecule has 1 fully saturated rings. The van der Waals surface area contributed by atoms with Gasteiger partial charge in [-0.25, -0.2) is 0 Å². The fourth-order valence-electron chi connectivity index (χ4n) is 3.50. The molecule has 25 heavy (non-hydrogen) atoms. The number of ether oxygens (including phenoxy) is 2. The van der Waals surface area contributed by atoms with Crippen molar-refractivity contribution in [2.24, 2.45) is 0 Å². The van der Waals surface area contributed by atoms with E-state index in [2.05, 4.69) is 33.4 Å². The first kappa shape index (κ1) is 16.5. The average Bonchev–Trinajstić information content (AvgIpc) is 2.58. The normalized spacial score (nSPS) is 17.5. The number of carbonyl (C=O) groups excluding carboxylic acids is 1. The van der Waals surface area contributed by atoms with Crippen LogP contribution in [0.2, 0.25) is 0 Å². The lowest BCUT2D eigenvalue weighted by molar-refractivity contribution is -0.123. The van der Waals surface area contributed by atoms with Crippen molar-refractivity contribution >= 4 is 21.8 Å². The molecule has 0 saturated heterocycles. The number of halogens is 1. The third-order valence-electron chi connectivity index (χ3n) is 4.93. The summed E-state index contributed by atoms with van der Waals surface area (Å²) >= 11 is 3.52. The lowest BCUT2D eigenvalue weighted by Gasteiger charge is -2.43. The minimum atomic E-state index is -0.227. The fraction of sp³-hybridized carbons (Fsp3) is 0.350. The van der Waals surface area contributed by atoms with Crippen molar-refractivity contribution in [1.29, 1.82) is 0 Å². The van der Waals surface area contributed by atoms with E-state index in [1.807, 2.05) is 30.3 Å². The summed E-state index contributed by atoms with van der Waals surface area (Å²) in [6, 6.07) is 13.9. The van der Waals surface area contributed by atoms with Crippen molar-refractivity contribution in [3.05, 3.63) is 58.1 Å². The Kier molecular flexibility index (Phi) is 4.42. The van der Waals surface area contributed by atoms with E-state index >= 15 is 0 Å². The smallest absolute Gasteiger partial charge is 0.225 e. The Morgan fingerprint density at radius 3 is 2.60 bits per heavy atom. The molecule has 1 saturated carbocycles. The number of hydrogen-bond acceptors (Lipinski definition) is 3. The lowest BCUT2D eigenvalue weighted by atomic mass is 9.71. The SMILES string of the molecule is O=C(Cc1ccc2c(c1)OCCO2)NC1(c2cccc(Br)c2)CCC1. The second-order valence-electron chi connectivity index (χ2n) is 6.65. The van der Waals surface area contributed by atoms with Crippen molar-refractivity contribution < 1.29 is 14.3 Å². The predicted molar refractivity (Wildman–Crippen MR) is 98.9 cm³/mol. The van der Waals surface area contributed by atoms with Crippen LogP contribution in [0.5, 0.6) is 11.5 Å². The molecular weight excluding hydrogens is 382 g/mol. The van der Waals surface area contributed by atoms with Gasteiger partial charge in [0.05, 0.1) is 12.0 Å². The molecular formula is C20H20BrNO3. The molecule has 1 amide bonds. The summed E-state index contributed by atoms with van der Waals surface area (Å²) < 4.78 is 12.2. The molecule has 0 unspecified atom stereocenters. The molecule has 0 spiro atoms. The summed E-state index contributed by atoms with van der Waals surface area (Å²) in [6.45, 7) is 1.12. The van der Waals surface area contributed by atoms with Crippen LogP contribution in [0.4, 0.5) is 0 Å². The maximum absolute atomic E-state index is 12.7. The highest BCUT2D eigenvalue weighted by molar-refractivity contribution is 9.10. The zero-order chi connectivity index (χ0) is 17.3. The van der Waals surface area contributed by atoms with Gasteiger partial charge >= 0.3 is 0 Å². The number of carbonyl (C=O) groups is 1. The molecule has 2 aromatic rings. The Balaban J connectivity index is 1.48. The third kappa shape index (κ3) is 3.38. The summed E-state index contributed by atoms with van der Waals surface area (Å²) in [6.07, 6.45) is 3.44. The van der Waals surface area contributed by atoms with E-state index in [9.17, 15) is 4.79 Å². The number of amides is 1. The van der Waals surface area contributed by atoms with Gasteiger partial charge in [0.15, 0.2) is 11.5 Å². The van der Waals surface area contributed by atoms with E-state index in [4.69, 9.17) is 9.47 Å². The summed E-state index contributed by atoms with van der Waals surface area (Å²) in [5, 5.41) is 3.27. The molecule has 0 aromatic heterocycles. The molecule has 0 atom stereocenters. The monoisotopic (exact) mass is 401 g/mol. The van der Waals surface area contributed by atoms with Crippen molar-refractivity contribution in [2.75, 3.05) is 13.2 Å². The number of fused-ring (bicyclic) bond motifs is 1. The first-order chi connectivity index (χ1) is 12.1. The molecule has 4 rings (SSSR count). The highest BCUT2D eigenvalue weighted by Gasteiger charge is 2.40. The summed E-state index contributed by atoms with van der Waals surface area (Å²) in [4.78, 5) is 12.7. The molecule has 0 radical (unpaired) electrons. The maximum Gasteiger partial charge on any atom is 0.225 e. The van der Waals surface area contributed by atoms with Gasteiger partial charge in [-0.15, -0.1) is 0 Å². The van der Waals surface area contributed by atoms with Crippen LogP contribution in [-0.2, 0) is 16.8 Å². The Labute approximate surface area is 155 Å². The Morgan fingerprint density at radius 2 is 1.88 bits per heavy atom. The molecule has 0 bridgehead atoms. The largest absolute Gasteiger partial charge is 0.486 e. The van der Waals surface area contributed by atoms with Crippen LogP contribution >= 0.6 is 15.9 Å². The minimum Gasteiger partial charge on any atom is -0.486 e. The first-order valence-electron chi connectivity index (χ1n) is 8.60. The van der Waals surface area contributed by atoms with Crippen LogP contribution in [0.15, 0.2) is 46.9 Å². The molecule has 1 heterocycles. The van der Waals surface area contributed by atoms with E-state index in [1.165, 1.54) is 5.56 Å². The van der Waals surface area contributed by atoms with Gasteiger partial charge in [0, 0.05) is 4.47 Å². The van der Waals surface area contributed by atoms with E-state index in [0.29, 0.717) is 19.6 Å². The van der Waals surface area contributed by atoms with Crippen molar-refractivity contribution in [1.82, 2.24) is 5.32 Å². The van der Waals surface area contributed by atoms with Crippen LogP contribution < -0.4 is 14.8 Å². The lowest BCUT2D eigenvalue weighted by Crippen LogP contribution is -2.51. The zero-order valence-electron chi connectivity index (χ0n) is 13.9. The van der Waals surface area contributed by atoms with Crippen LogP contribution in [0, 0.1) is 0 Å². The summed E-state index contributed by atoms with van der Waals surface area (Å²) in [7, 11) is 0. The van der Waals surface area contributed by atoms with Gasteiger partial charge in [-0.05, 0) is 54.7 Å². The quantitative estimate of drug-likeness (QED) is 0.843. The zero-order valence-corrected chi connectivity index (χ0v) is 15.5. The number of benzene rings is 2. The van der Waals surface area contributed by atoms with Gasteiger partial charge in [0.2, 0.25) is 5.91 Å². The van der Waals surface area contributed by atoms with Crippen molar-refractivity contribution in [3.63, 3.8) is 0 Å². The van der Waals surface area contributed by atoms with Gasteiger partial charge < -0.3 is 14.8 Å². The maximum atomic E-state index is 12.7. The Bertz CT molecular complexity index is 801. The molecule has 2 aromatic carbocycles. The van der Waals surface area contributed by atoms with Crippen LogP contribution in [0.1, 0.15) is 30.4 Å². The molecule has 130 valence electrons. The summed E-state index contributed by atoms with van der Waals surface area (Å²) in [5.41, 5.74) is 1.88. The molecule has 1 aliphatic heterocycles. The summed E-state index contributed by atoms with van der Waals surface area (Å²) in [5.74, 6) is 1.51. The van der Waals surface area contributed by atoms with Crippen molar-refractivity contribution in [2.45, 2.75) is 31.2 Å². The van der Waals surface area contributed by atoms with Gasteiger partial charge in [-0.1, -0.05) is 34.1 Å². The number of rotatable bonds is 4. The van der Waals surface area contributed by atoms with Crippen LogP contribution in [0.3, 0.4) is 0 Å². The second-order valence-corrected chi connectivity index (χ2v) is 7.56. The highest BCUT2D eigenvalue weighted by Crippen LogP contribution is 2.42. The van der Waals surface area contributed by atoms with E-state index in [0.717, 1.165) is 40.8 Å². The Morgan fingerprint density at radius 1 is 1.08 bits per heavy atom. The van der Waals surface area contributed by atoms with Crippen LogP contribution in [-0.4, -0.2) is 19.1 Å². The van der Waals surface area contributed by atoms with Gasteiger partial charge in [-0.3, -0.25) is 4.79 Å². The topological polar surface area (TPSA) is 47.6 Å². The van der Waals surface area contributed by atoms with Gasteiger partial charge in [0.25, 0.3) is 0 Å².